The molecule has 0 radical (unpaired) electrons. The molecule has 0 bridgehead atoms. The maximum atomic E-state index is 5.18. The minimum Gasteiger partial charge on any atom is -0.309 e. The van der Waals surface area contributed by atoms with Crippen molar-refractivity contribution in [2.24, 2.45) is 0 Å². The van der Waals surface area contributed by atoms with Gasteiger partial charge in [0.25, 0.3) is 0 Å². The van der Waals surface area contributed by atoms with Crippen molar-refractivity contribution in [2.45, 2.75) is 51.4 Å². The van der Waals surface area contributed by atoms with Crippen LogP contribution in [0.1, 0.15) is 51.7 Å². The first-order valence-corrected chi connectivity index (χ1v) is 19.8. The number of hydrogen-bond acceptors (Lipinski definition) is 5. The molecule has 6 nitrogen and oxygen atoms in total. The van der Waals surface area contributed by atoms with Crippen molar-refractivity contribution >= 4 is 54.4 Å². The Morgan fingerprint density at radius 1 is 0.456 bits per heavy atom. The van der Waals surface area contributed by atoms with Gasteiger partial charge in [0.1, 0.15) is 0 Å². The summed E-state index contributed by atoms with van der Waals surface area (Å²) in [4.78, 5) is 24.8. The van der Waals surface area contributed by atoms with Crippen LogP contribution in [0.4, 0.5) is 0 Å². The summed E-state index contributed by atoms with van der Waals surface area (Å²) >= 11 is 0. The van der Waals surface area contributed by atoms with Crippen LogP contribution < -0.4 is 0 Å². The first-order valence-electron chi connectivity index (χ1n) is 19.8. The Hall–Kier alpha value is -6.79. The summed E-state index contributed by atoms with van der Waals surface area (Å²) in [7, 11) is 0. The maximum absolute atomic E-state index is 5.18. The van der Waals surface area contributed by atoms with Gasteiger partial charge >= 0.3 is 0 Å². The molecule has 0 spiro atoms. The van der Waals surface area contributed by atoms with Gasteiger partial charge in [-0.2, -0.15) is 0 Å². The lowest BCUT2D eigenvalue weighted by Gasteiger charge is -2.42. The molecule has 1 aliphatic rings. The first-order chi connectivity index (χ1) is 27.7. The van der Waals surface area contributed by atoms with E-state index in [9.17, 15) is 0 Å². The second-order valence-corrected chi connectivity index (χ2v) is 16.9. The fourth-order valence-corrected chi connectivity index (χ4v) is 9.10. The lowest BCUT2D eigenvalue weighted by Crippen LogP contribution is -2.33. The van der Waals surface area contributed by atoms with Gasteiger partial charge in [0, 0.05) is 56.3 Å². The van der Waals surface area contributed by atoms with Gasteiger partial charge in [-0.3, -0.25) is 9.97 Å². The normalized spacial score (nSPS) is 14.8. The summed E-state index contributed by atoms with van der Waals surface area (Å²) in [5.41, 5.74) is 11.1. The standard InChI is InChI=1S/C51H40N6/c1-50(2)22-23-51(3,4)42-30-44-39(29-41(42)50)38-26-33-14-8-9-15-34(33)28-43(38)57(44)36-20-18-32(19-21-36)48-54-47(31-12-6-5-7-13-31)55-49(56-48)40-27-35-16-10-24-52-45(35)46-37(40)17-11-25-53-46/h5-21,24-30H,22-23H2,1-4H3. The molecular weight excluding hydrogens is 697 g/mol. The van der Waals surface area contributed by atoms with E-state index in [4.69, 9.17) is 19.9 Å². The van der Waals surface area contributed by atoms with E-state index in [0.29, 0.717) is 17.5 Å². The number of hydrogen-bond donors (Lipinski definition) is 0. The Morgan fingerprint density at radius 2 is 1.02 bits per heavy atom. The molecule has 4 heterocycles. The Morgan fingerprint density at radius 3 is 1.75 bits per heavy atom. The summed E-state index contributed by atoms with van der Waals surface area (Å²) < 4.78 is 2.45. The number of fused-ring (bicyclic) bond motifs is 8. The summed E-state index contributed by atoms with van der Waals surface area (Å²) in [5, 5.41) is 6.99. The van der Waals surface area contributed by atoms with Crippen LogP contribution in [0.5, 0.6) is 0 Å². The van der Waals surface area contributed by atoms with Crippen LogP contribution in [0.2, 0.25) is 0 Å². The van der Waals surface area contributed by atoms with Gasteiger partial charge in [0.05, 0.1) is 22.1 Å². The van der Waals surface area contributed by atoms with Gasteiger partial charge in [-0.1, -0.05) is 94.4 Å². The largest absolute Gasteiger partial charge is 0.309 e. The second kappa shape index (κ2) is 12.4. The van der Waals surface area contributed by atoms with E-state index in [1.807, 2.05) is 54.9 Å². The van der Waals surface area contributed by atoms with Crippen molar-refractivity contribution in [2.75, 3.05) is 0 Å². The predicted molar refractivity (Wildman–Crippen MR) is 234 cm³/mol. The van der Waals surface area contributed by atoms with Crippen LogP contribution in [0.3, 0.4) is 0 Å². The van der Waals surface area contributed by atoms with Gasteiger partial charge in [0.2, 0.25) is 0 Å². The van der Waals surface area contributed by atoms with Gasteiger partial charge in [-0.25, -0.2) is 15.0 Å². The van der Waals surface area contributed by atoms with Crippen LogP contribution in [0, 0.1) is 0 Å². The highest BCUT2D eigenvalue weighted by Gasteiger charge is 2.38. The quantitative estimate of drug-likeness (QED) is 0.168. The highest BCUT2D eigenvalue weighted by atomic mass is 15.0. The van der Waals surface area contributed by atoms with Crippen molar-refractivity contribution in [3.8, 4) is 39.9 Å². The molecule has 0 unspecified atom stereocenters. The molecule has 0 saturated carbocycles. The summed E-state index contributed by atoms with van der Waals surface area (Å²) in [6, 6.07) is 47.4. The molecule has 274 valence electrons. The van der Waals surface area contributed by atoms with Crippen molar-refractivity contribution in [3.63, 3.8) is 0 Å². The SMILES string of the molecule is CC1(C)CCC(C)(C)c2cc3c(cc21)c1cc2ccccc2cc1n3-c1ccc(-c2nc(-c3ccccc3)nc(-c3cc4cccnc4c4ncccc34)n2)cc1. The van der Waals surface area contributed by atoms with E-state index >= 15 is 0 Å². The van der Waals surface area contributed by atoms with Crippen LogP contribution in [0.15, 0.2) is 146 Å². The van der Waals surface area contributed by atoms with Crippen LogP contribution in [0.25, 0.3) is 94.2 Å². The minimum atomic E-state index is 0.0880. The molecule has 0 saturated heterocycles. The van der Waals surface area contributed by atoms with E-state index in [-0.39, 0.29) is 10.8 Å². The van der Waals surface area contributed by atoms with Gasteiger partial charge in [0.15, 0.2) is 17.5 Å². The van der Waals surface area contributed by atoms with Gasteiger partial charge < -0.3 is 4.57 Å². The monoisotopic (exact) mass is 736 g/mol. The number of benzene rings is 6. The average molecular weight is 737 g/mol. The van der Waals surface area contributed by atoms with Crippen molar-refractivity contribution in [3.05, 3.63) is 157 Å². The van der Waals surface area contributed by atoms with E-state index in [1.54, 1.807) is 0 Å². The highest BCUT2D eigenvalue weighted by molar-refractivity contribution is 6.14. The smallest absolute Gasteiger partial charge is 0.164 e. The highest BCUT2D eigenvalue weighted by Crippen LogP contribution is 2.49. The molecule has 10 aromatic rings. The zero-order valence-electron chi connectivity index (χ0n) is 32.5. The third-order valence-electron chi connectivity index (χ3n) is 12.4. The van der Waals surface area contributed by atoms with E-state index < -0.39 is 0 Å². The number of aromatic nitrogens is 6. The van der Waals surface area contributed by atoms with Crippen molar-refractivity contribution < 1.29 is 0 Å². The summed E-state index contributed by atoms with van der Waals surface area (Å²) in [6.45, 7) is 9.63. The Kier molecular flexibility index (Phi) is 7.27. The number of rotatable bonds is 4. The molecule has 11 rings (SSSR count). The van der Waals surface area contributed by atoms with Crippen LogP contribution in [-0.2, 0) is 10.8 Å². The van der Waals surface area contributed by atoms with E-state index in [1.165, 1.54) is 56.5 Å². The third kappa shape index (κ3) is 5.35. The molecule has 6 aromatic carbocycles. The van der Waals surface area contributed by atoms with E-state index in [0.717, 1.165) is 44.2 Å². The molecule has 0 fully saturated rings. The summed E-state index contributed by atoms with van der Waals surface area (Å²) in [6.07, 6.45) is 5.97. The van der Waals surface area contributed by atoms with Gasteiger partial charge in [-0.15, -0.1) is 0 Å². The Labute approximate surface area is 330 Å². The molecule has 4 aromatic heterocycles. The van der Waals surface area contributed by atoms with Crippen molar-refractivity contribution in [1.82, 2.24) is 29.5 Å². The molecule has 6 heteroatoms. The predicted octanol–water partition coefficient (Wildman–Crippen LogP) is 12.6. The fourth-order valence-electron chi connectivity index (χ4n) is 9.10. The fraction of sp³-hybridized carbons (Fsp3) is 0.157. The minimum absolute atomic E-state index is 0.0880. The lowest BCUT2D eigenvalue weighted by molar-refractivity contribution is 0.332. The lowest BCUT2D eigenvalue weighted by atomic mass is 9.63. The molecule has 57 heavy (non-hydrogen) atoms. The number of nitrogens with zero attached hydrogens (tertiary/aromatic N) is 6. The molecule has 0 amide bonds. The zero-order chi connectivity index (χ0) is 38.5. The molecule has 0 aliphatic heterocycles. The van der Waals surface area contributed by atoms with Gasteiger partial charge in [-0.05, 0) is 112 Å². The molecule has 1 aliphatic carbocycles. The zero-order valence-corrected chi connectivity index (χ0v) is 32.5. The van der Waals surface area contributed by atoms with Crippen LogP contribution in [-0.4, -0.2) is 29.5 Å². The summed E-state index contributed by atoms with van der Waals surface area (Å²) in [5.74, 6) is 1.82. The van der Waals surface area contributed by atoms with Crippen molar-refractivity contribution in [1.29, 1.82) is 0 Å². The van der Waals surface area contributed by atoms with Crippen LogP contribution >= 0.6 is 0 Å². The molecule has 0 atom stereocenters. The first kappa shape index (κ1) is 33.5. The van der Waals surface area contributed by atoms with E-state index in [2.05, 4.69) is 128 Å². The molecular formula is C51H40N6. The Bertz CT molecular complexity index is 3230. The Balaban J connectivity index is 1.11. The topological polar surface area (TPSA) is 69.4 Å². The number of pyridine rings is 2. The average Bonchev–Trinajstić information content (AvgIpc) is 3.56. The maximum Gasteiger partial charge on any atom is 0.164 e. The second-order valence-electron chi connectivity index (χ2n) is 16.9. The third-order valence-corrected chi connectivity index (χ3v) is 12.4. The molecule has 0 N–H and O–H groups in total.